The van der Waals surface area contributed by atoms with Crippen molar-refractivity contribution >= 4 is 17.7 Å². The first-order valence-corrected chi connectivity index (χ1v) is 6.93. The van der Waals surface area contributed by atoms with Gasteiger partial charge >= 0.3 is 12.0 Å². The van der Waals surface area contributed by atoms with E-state index < -0.39 is 18.0 Å². The zero-order valence-corrected chi connectivity index (χ0v) is 12.3. The van der Waals surface area contributed by atoms with Gasteiger partial charge in [-0.05, 0) is 17.7 Å². The molecule has 0 unspecified atom stereocenters. The zero-order chi connectivity index (χ0) is 15.8. The van der Waals surface area contributed by atoms with Crippen LogP contribution in [0, 0.1) is 0 Å². The van der Waals surface area contributed by atoms with Gasteiger partial charge < -0.3 is 15.4 Å². The monoisotopic (exact) mass is 298 g/mol. The van der Waals surface area contributed by atoms with E-state index in [9.17, 15) is 9.59 Å². The third-order valence-electron chi connectivity index (χ3n) is 3.11. The van der Waals surface area contributed by atoms with Crippen molar-refractivity contribution in [2.45, 2.75) is 12.5 Å². The van der Waals surface area contributed by atoms with Gasteiger partial charge in [0.25, 0.3) is 0 Å². The second-order valence-corrected chi connectivity index (χ2v) is 4.73. The fourth-order valence-electron chi connectivity index (χ4n) is 2.03. The summed E-state index contributed by atoms with van der Waals surface area (Å²) in [4.78, 5) is 23.8. The van der Waals surface area contributed by atoms with Crippen LogP contribution in [-0.2, 0) is 16.0 Å². The molecule has 0 fully saturated rings. The molecule has 0 heterocycles. The number of methoxy groups -OCH3 is 1. The quantitative estimate of drug-likeness (QED) is 0.834. The fraction of sp³-hybridized carbons (Fsp3) is 0.176. The molecule has 22 heavy (non-hydrogen) atoms. The fourth-order valence-corrected chi connectivity index (χ4v) is 2.03. The lowest BCUT2D eigenvalue weighted by atomic mass is 10.1. The van der Waals surface area contributed by atoms with Crippen LogP contribution in [0.4, 0.5) is 10.5 Å². The van der Waals surface area contributed by atoms with Crippen molar-refractivity contribution in [3.63, 3.8) is 0 Å². The van der Waals surface area contributed by atoms with Crippen LogP contribution in [0.15, 0.2) is 60.7 Å². The van der Waals surface area contributed by atoms with Crippen LogP contribution < -0.4 is 10.6 Å². The summed E-state index contributed by atoms with van der Waals surface area (Å²) in [5.41, 5.74) is 1.60. The van der Waals surface area contributed by atoms with Crippen LogP contribution in [0.25, 0.3) is 0 Å². The van der Waals surface area contributed by atoms with Crippen LogP contribution in [0.2, 0.25) is 0 Å². The van der Waals surface area contributed by atoms with Crippen molar-refractivity contribution in [2.24, 2.45) is 0 Å². The van der Waals surface area contributed by atoms with Gasteiger partial charge in [-0.15, -0.1) is 0 Å². The maximum atomic E-state index is 12.0. The molecule has 0 saturated heterocycles. The zero-order valence-electron chi connectivity index (χ0n) is 12.3. The molecule has 2 aromatic carbocycles. The first-order valence-electron chi connectivity index (χ1n) is 6.93. The Morgan fingerprint density at radius 2 is 1.59 bits per heavy atom. The van der Waals surface area contributed by atoms with Gasteiger partial charge in [-0.3, -0.25) is 0 Å². The summed E-state index contributed by atoms with van der Waals surface area (Å²) in [6.07, 6.45) is 0.371. The minimum Gasteiger partial charge on any atom is -0.467 e. The number of carbonyl (C=O) groups is 2. The molecular formula is C17H18N2O3. The summed E-state index contributed by atoms with van der Waals surface area (Å²) >= 11 is 0. The van der Waals surface area contributed by atoms with Crippen LogP contribution >= 0.6 is 0 Å². The minimum absolute atomic E-state index is 0.371. The molecule has 0 spiro atoms. The summed E-state index contributed by atoms with van der Waals surface area (Å²) in [7, 11) is 1.30. The second-order valence-electron chi connectivity index (χ2n) is 4.73. The highest BCUT2D eigenvalue weighted by atomic mass is 16.5. The van der Waals surface area contributed by atoms with Crippen LogP contribution in [0.3, 0.4) is 0 Å². The number of ether oxygens (including phenoxy) is 1. The molecule has 5 heteroatoms. The van der Waals surface area contributed by atoms with Crippen LogP contribution in [0.5, 0.6) is 0 Å². The minimum atomic E-state index is -0.740. The van der Waals surface area contributed by atoms with E-state index in [2.05, 4.69) is 10.6 Å². The highest BCUT2D eigenvalue weighted by molar-refractivity contribution is 5.92. The standard InChI is InChI=1S/C17H18N2O3/c1-22-16(20)15(12-13-8-4-2-5-9-13)19-17(21)18-14-10-6-3-7-11-14/h2-11,15H,12H2,1H3,(H2,18,19,21)/t15-/m0/s1. The Morgan fingerprint density at radius 3 is 2.18 bits per heavy atom. The molecule has 0 aliphatic carbocycles. The number of benzene rings is 2. The van der Waals surface area contributed by atoms with Gasteiger partial charge in [0.15, 0.2) is 0 Å². The molecule has 0 saturated carbocycles. The Labute approximate surface area is 129 Å². The van der Waals surface area contributed by atoms with Gasteiger partial charge in [0.1, 0.15) is 6.04 Å². The molecule has 1 atom stereocenters. The highest BCUT2D eigenvalue weighted by Gasteiger charge is 2.21. The number of rotatable bonds is 5. The maximum Gasteiger partial charge on any atom is 0.328 e. The molecule has 0 aromatic heterocycles. The van der Waals surface area contributed by atoms with Crippen molar-refractivity contribution in [1.82, 2.24) is 5.32 Å². The van der Waals surface area contributed by atoms with Gasteiger partial charge in [0.2, 0.25) is 0 Å². The van der Waals surface area contributed by atoms with Crippen LogP contribution in [-0.4, -0.2) is 25.2 Å². The number of esters is 1. The van der Waals surface area contributed by atoms with Gasteiger partial charge in [-0.1, -0.05) is 48.5 Å². The van der Waals surface area contributed by atoms with E-state index in [1.807, 2.05) is 48.5 Å². The summed E-state index contributed by atoms with van der Waals surface area (Å²) in [5.74, 6) is -0.480. The lowest BCUT2D eigenvalue weighted by molar-refractivity contribution is -0.142. The normalized spacial score (nSPS) is 11.3. The molecular weight excluding hydrogens is 280 g/mol. The largest absolute Gasteiger partial charge is 0.467 e. The first-order chi connectivity index (χ1) is 10.7. The number of hydrogen-bond donors (Lipinski definition) is 2. The molecule has 2 N–H and O–H groups in total. The Hall–Kier alpha value is -2.82. The second kappa shape index (κ2) is 7.83. The average molecular weight is 298 g/mol. The van der Waals surface area contributed by atoms with E-state index in [0.29, 0.717) is 12.1 Å². The van der Waals surface area contributed by atoms with E-state index in [0.717, 1.165) is 5.56 Å². The highest BCUT2D eigenvalue weighted by Crippen LogP contribution is 2.07. The lowest BCUT2D eigenvalue weighted by Gasteiger charge is -2.17. The van der Waals surface area contributed by atoms with Crippen molar-refractivity contribution in [3.05, 3.63) is 66.2 Å². The van der Waals surface area contributed by atoms with E-state index in [4.69, 9.17) is 4.74 Å². The lowest BCUT2D eigenvalue weighted by Crippen LogP contribution is -2.45. The molecule has 2 rings (SSSR count). The molecule has 2 aromatic rings. The van der Waals surface area contributed by atoms with Crippen molar-refractivity contribution < 1.29 is 14.3 Å². The Kier molecular flexibility index (Phi) is 5.54. The molecule has 0 aliphatic heterocycles. The SMILES string of the molecule is COC(=O)[C@H](Cc1ccccc1)NC(=O)Nc1ccccc1. The molecule has 2 amide bonds. The predicted molar refractivity (Wildman–Crippen MR) is 84.5 cm³/mol. The maximum absolute atomic E-state index is 12.0. The molecule has 0 aliphatic rings. The Bertz CT molecular complexity index is 614. The summed E-state index contributed by atoms with van der Waals surface area (Å²) in [6.45, 7) is 0. The number of anilines is 1. The number of carbonyl (C=O) groups excluding carboxylic acids is 2. The number of para-hydroxylation sites is 1. The molecule has 0 bridgehead atoms. The first kappa shape index (κ1) is 15.6. The van der Waals surface area contributed by atoms with Gasteiger partial charge in [0, 0.05) is 12.1 Å². The number of nitrogens with one attached hydrogen (secondary N) is 2. The predicted octanol–water partition coefficient (Wildman–Crippen LogP) is 2.59. The number of amides is 2. The van der Waals surface area contributed by atoms with Crippen molar-refractivity contribution in [3.8, 4) is 0 Å². The van der Waals surface area contributed by atoms with Crippen molar-refractivity contribution in [1.29, 1.82) is 0 Å². The Morgan fingerprint density at radius 1 is 1.00 bits per heavy atom. The van der Waals surface area contributed by atoms with E-state index in [1.165, 1.54) is 7.11 Å². The van der Waals surface area contributed by atoms with E-state index in [1.54, 1.807) is 12.1 Å². The van der Waals surface area contributed by atoms with Crippen molar-refractivity contribution in [2.75, 3.05) is 12.4 Å². The molecule has 114 valence electrons. The van der Waals surface area contributed by atoms with E-state index in [-0.39, 0.29) is 0 Å². The molecule has 0 radical (unpaired) electrons. The van der Waals surface area contributed by atoms with E-state index >= 15 is 0 Å². The average Bonchev–Trinajstić information content (AvgIpc) is 2.55. The summed E-state index contributed by atoms with van der Waals surface area (Å²) in [5, 5.41) is 5.32. The van der Waals surface area contributed by atoms with Gasteiger partial charge in [-0.2, -0.15) is 0 Å². The third kappa shape index (κ3) is 4.63. The van der Waals surface area contributed by atoms with Gasteiger partial charge in [0.05, 0.1) is 7.11 Å². The van der Waals surface area contributed by atoms with Gasteiger partial charge in [-0.25, -0.2) is 9.59 Å². The third-order valence-corrected chi connectivity index (χ3v) is 3.11. The van der Waals surface area contributed by atoms with Crippen LogP contribution in [0.1, 0.15) is 5.56 Å². The Balaban J connectivity index is 2.00. The summed E-state index contributed by atoms with van der Waals surface area (Å²) < 4.78 is 4.75. The topological polar surface area (TPSA) is 67.4 Å². The smallest absolute Gasteiger partial charge is 0.328 e. The molecule has 5 nitrogen and oxygen atoms in total. The number of urea groups is 1. The number of hydrogen-bond acceptors (Lipinski definition) is 3. The summed E-state index contributed by atoms with van der Waals surface area (Å²) in [6, 6.07) is 17.3.